The fourth-order valence-corrected chi connectivity index (χ4v) is 2.13. The molecule has 0 aromatic carbocycles. The molecule has 20 heavy (non-hydrogen) atoms. The smallest absolute Gasteiger partial charge is 0.133 e. The third-order valence-electron chi connectivity index (χ3n) is 3.19. The van der Waals surface area contributed by atoms with Crippen molar-refractivity contribution in [2.45, 2.75) is 40.5 Å². The molecule has 0 saturated heterocycles. The standard InChI is InChI=1S/C16H22N4/c1-5-7-14-19-15(12(4)16(20-14)17-6-2)13-9-8-11(3)18-10-13/h8-10H,5-7H2,1-4H3,(H,17,19,20). The van der Waals surface area contributed by atoms with Gasteiger partial charge in [0.25, 0.3) is 0 Å². The lowest BCUT2D eigenvalue weighted by Crippen LogP contribution is -2.08. The molecular weight excluding hydrogens is 248 g/mol. The van der Waals surface area contributed by atoms with Gasteiger partial charge in [0.05, 0.1) is 5.69 Å². The molecule has 0 spiro atoms. The zero-order valence-corrected chi connectivity index (χ0v) is 12.7. The largest absolute Gasteiger partial charge is 0.370 e. The Balaban J connectivity index is 2.52. The second-order valence-electron chi connectivity index (χ2n) is 4.93. The van der Waals surface area contributed by atoms with Crippen LogP contribution < -0.4 is 5.32 Å². The molecule has 2 heterocycles. The molecule has 0 aliphatic rings. The molecular formula is C16H22N4. The number of nitrogens with zero attached hydrogens (tertiary/aromatic N) is 3. The van der Waals surface area contributed by atoms with Crippen LogP contribution >= 0.6 is 0 Å². The molecule has 0 amide bonds. The maximum Gasteiger partial charge on any atom is 0.133 e. The molecule has 0 aliphatic heterocycles. The highest BCUT2D eigenvalue weighted by Gasteiger charge is 2.12. The van der Waals surface area contributed by atoms with Crippen LogP contribution in [-0.2, 0) is 6.42 Å². The van der Waals surface area contributed by atoms with Crippen molar-refractivity contribution < 1.29 is 0 Å². The Morgan fingerprint density at radius 3 is 2.50 bits per heavy atom. The first-order chi connectivity index (χ1) is 9.65. The molecule has 106 valence electrons. The Morgan fingerprint density at radius 1 is 1.10 bits per heavy atom. The fourth-order valence-electron chi connectivity index (χ4n) is 2.13. The Labute approximate surface area is 120 Å². The van der Waals surface area contributed by atoms with E-state index in [1.165, 1.54) is 0 Å². The van der Waals surface area contributed by atoms with E-state index in [0.29, 0.717) is 0 Å². The average molecular weight is 270 g/mol. The maximum atomic E-state index is 4.71. The summed E-state index contributed by atoms with van der Waals surface area (Å²) in [7, 11) is 0. The number of aromatic nitrogens is 3. The number of nitrogens with one attached hydrogen (secondary N) is 1. The molecule has 4 nitrogen and oxygen atoms in total. The first kappa shape index (κ1) is 14.4. The Kier molecular flexibility index (Phi) is 4.66. The molecule has 2 aromatic heterocycles. The van der Waals surface area contributed by atoms with Crippen LogP contribution in [-0.4, -0.2) is 21.5 Å². The highest BCUT2D eigenvalue weighted by atomic mass is 15.0. The van der Waals surface area contributed by atoms with Gasteiger partial charge in [0.1, 0.15) is 11.6 Å². The predicted molar refractivity (Wildman–Crippen MR) is 82.9 cm³/mol. The summed E-state index contributed by atoms with van der Waals surface area (Å²) in [6, 6.07) is 4.09. The van der Waals surface area contributed by atoms with Gasteiger partial charge in [-0.15, -0.1) is 0 Å². The van der Waals surface area contributed by atoms with Gasteiger partial charge in [0, 0.05) is 36.0 Å². The molecule has 4 heteroatoms. The van der Waals surface area contributed by atoms with Gasteiger partial charge >= 0.3 is 0 Å². The number of pyridine rings is 1. The summed E-state index contributed by atoms with van der Waals surface area (Å²) in [5.74, 6) is 1.83. The Morgan fingerprint density at radius 2 is 1.90 bits per heavy atom. The topological polar surface area (TPSA) is 50.7 Å². The Bertz CT molecular complexity index is 576. The predicted octanol–water partition coefficient (Wildman–Crippen LogP) is 3.54. The van der Waals surface area contributed by atoms with Crippen molar-refractivity contribution in [2.24, 2.45) is 0 Å². The fraction of sp³-hybridized carbons (Fsp3) is 0.438. The number of hydrogen-bond donors (Lipinski definition) is 1. The van der Waals surface area contributed by atoms with Crippen molar-refractivity contribution in [2.75, 3.05) is 11.9 Å². The van der Waals surface area contributed by atoms with Gasteiger partial charge < -0.3 is 5.32 Å². The van der Waals surface area contributed by atoms with Crippen molar-refractivity contribution in [3.05, 3.63) is 35.4 Å². The molecule has 2 aromatic rings. The van der Waals surface area contributed by atoms with Gasteiger partial charge in [-0.05, 0) is 39.3 Å². The van der Waals surface area contributed by atoms with Crippen LogP contribution in [0.5, 0.6) is 0 Å². The summed E-state index contributed by atoms with van der Waals surface area (Å²) in [6.45, 7) is 9.12. The quantitative estimate of drug-likeness (QED) is 0.903. The summed E-state index contributed by atoms with van der Waals surface area (Å²) in [5, 5.41) is 3.32. The molecule has 0 fully saturated rings. The summed E-state index contributed by atoms with van der Waals surface area (Å²) >= 11 is 0. The minimum absolute atomic E-state index is 0.856. The second kappa shape index (κ2) is 6.46. The summed E-state index contributed by atoms with van der Waals surface area (Å²) in [6.07, 6.45) is 3.82. The van der Waals surface area contributed by atoms with Gasteiger partial charge in [0.15, 0.2) is 0 Å². The van der Waals surface area contributed by atoms with Gasteiger partial charge in [-0.25, -0.2) is 9.97 Å². The number of anilines is 1. The van der Waals surface area contributed by atoms with E-state index in [9.17, 15) is 0 Å². The van der Waals surface area contributed by atoms with E-state index in [4.69, 9.17) is 4.98 Å². The van der Waals surface area contributed by atoms with Crippen molar-refractivity contribution >= 4 is 5.82 Å². The van der Waals surface area contributed by atoms with E-state index in [1.54, 1.807) is 0 Å². The van der Waals surface area contributed by atoms with Crippen LogP contribution in [0.1, 0.15) is 37.4 Å². The highest BCUT2D eigenvalue weighted by molar-refractivity contribution is 5.67. The third kappa shape index (κ3) is 3.13. The first-order valence-corrected chi connectivity index (χ1v) is 7.20. The monoisotopic (exact) mass is 270 g/mol. The van der Waals surface area contributed by atoms with Gasteiger partial charge in [0.2, 0.25) is 0 Å². The van der Waals surface area contributed by atoms with E-state index in [0.717, 1.165) is 53.5 Å². The lowest BCUT2D eigenvalue weighted by Gasteiger charge is -2.13. The third-order valence-corrected chi connectivity index (χ3v) is 3.19. The molecule has 0 aliphatic carbocycles. The van der Waals surface area contributed by atoms with Crippen molar-refractivity contribution in [1.29, 1.82) is 0 Å². The number of hydrogen-bond acceptors (Lipinski definition) is 4. The van der Waals surface area contributed by atoms with E-state index < -0.39 is 0 Å². The van der Waals surface area contributed by atoms with Gasteiger partial charge in [-0.1, -0.05) is 6.92 Å². The SMILES string of the molecule is CCCc1nc(NCC)c(C)c(-c2ccc(C)nc2)n1. The molecule has 0 bridgehead atoms. The van der Waals surface area contributed by atoms with Crippen LogP contribution in [0.2, 0.25) is 0 Å². The van der Waals surface area contributed by atoms with Crippen molar-refractivity contribution in [3.8, 4) is 11.3 Å². The first-order valence-electron chi connectivity index (χ1n) is 7.20. The van der Waals surface area contributed by atoms with E-state index in [-0.39, 0.29) is 0 Å². The summed E-state index contributed by atoms with van der Waals surface area (Å²) in [4.78, 5) is 13.7. The molecule has 0 atom stereocenters. The second-order valence-corrected chi connectivity index (χ2v) is 4.93. The van der Waals surface area contributed by atoms with E-state index >= 15 is 0 Å². The van der Waals surface area contributed by atoms with Crippen LogP contribution in [0.25, 0.3) is 11.3 Å². The van der Waals surface area contributed by atoms with Crippen LogP contribution in [0.4, 0.5) is 5.82 Å². The number of aryl methyl sites for hydroxylation is 2. The lowest BCUT2D eigenvalue weighted by atomic mass is 10.1. The minimum Gasteiger partial charge on any atom is -0.370 e. The average Bonchev–Trinajstić information content (AvgIpc) is 2.44. The Hall–Kier alpha value is -1.97. The zero-order valence-electron chi connectivity index (χ0n) is 12.7. The minimum atomic E-state index is 0.856. The van der Waals surface area contributed by atoms with Crippen LogP contribution in [0, 0.1) is 13.8 Å². The normalized spacial score (nSPS) is 10.6. The van der Waals surface area contributed by atoms with Crippen LogP contribution in [0.3, 0.4) is 0 Å². The van der Waals surface area contributed by atoms with Gasteiger partial charge in [-0.2, -0.15) is 0 Å². The van der Waals surface area contributed by atoms with Gasteiger partial charge in [-0.3, -0.25) is 4.98 Å². The van der Waals surface area contributed by atoms with Crippen molar-refractivity contribution in [3.63, 3.8) is 0 Å². The molecule has 0 radical (unpaired) electrons. The lowest BCUT2D eigenvalue weighted by molar-refractivity contribution is 0.833. The summed E-state index contributed by atoms with van der Waals surface area (Å²) < 4.78 is 0. The molecule has 2 rings (SSSR count). The maximum absolute atomic E-state index is 4.71. The highest BCUT2D eigenvalue weighted by Crippen LogP contribution is 2.25. The molecule has 1 N–H and O–H groups in total. The number of rotatable bonds is 5. The molecule has 0 unspecified atom stereocenters. The van der Waals surface area contributed by atoms with Crippen molar-refractivity contribution in [1.82, 2.24) is 15.0 Å². The van der Waals surface area contributed by atoms with E-state index in [1.807, 2.05) is 19.2 Å². The zero-order chi connectivity index (χ0) is 14.5. The van der Waals surface area contributed by atoms with Crippen LogP contribution in [0.15, 0.2) is 18.3 Å². The molecule has 0 saturated carbocycles. The van der Waals surface area contributed by atoms with E-state index in [2.05, 4.69) is 42.1 Å². The summed E-state index contributed by atoms with van der Waals surface area (Å²) in [5.41, 5.74) is 4.12.